The van der Waals surface area contributed by atoms with Gasteiger partial charge in [0.05, 0.1) is 16.6 Å². The summed E-state index contributed by atoms with van der Waals surface area (Å²) in [5.41, 5.74) is 2.05. The number of amides is 1. The lowest BCUT2D eigenvalue weighted by molar-refractivity contribution is -0.118. The molecule has 29 heavy (non-hydrogen) atoms. The van der Waals surface area contributed by atoms with Crippen molar-refractivity contribution in [2.45, 2.75) is 45.6 Å². The molecule has 4 nitrogen and oxygen atoms in total. The highest BCUT2D eigenvalue weighted by Gasteiger charge is 2.44. The quantitative estimate of drug-likeness (QED) is 0.701. The molecule has 0 fully saturated rings. The number of hydrogen-bond donors (Lipinski definition) is 1. The number of ketones is 1. The van der Waals surface area contributed by atoms with Crippen molar-refractivity contribution in [2.24, 2.45) is 0 Å². The fraction of sp³-hybridized carbons (Fsp3) is 0.304. The third-order valence-corrected chi connectivity index (χ3v) is 5.39. The summed E-state index contributed by atoms with van der Waals surface area (Å²) in [5.74, 6) is -2.23. The number of halogens is 2. The molecule has 152 valence electrons. The van der Waals surface area contributed by atoms with Crippen LogP contribution in [0.4, 0.5) is 10.1 Å². The average molecular weight is 416 g/mol. The van der Waals surface area contributed by atoms with Crippen LogP contribution in [-0.2, 0) is 15.0 Å². The SMILES string of the molecule is CCC(=O)C1=C(O)C(=O)N(c2ccc(F)c(Cl)c2)C1c1ccc(C(C)(C)C)cc1. The van der Waals surface area contributed by atoms with Gasteiger partial charge in [0.2, 0.25) is 0 Å². The normalized spacial score (nSPS) is 17.2. The Labute approximate surface area is 174 Å². The van der Waals surface area contributed by atoms with Crippen molar-refractivity contribution in [3.63, 3.8) is 0 Å². The Morgan fingerprint density at radius 1 is 1.17 bits per heavy atom. The Bertz CT molecular complexity index is 1010. The lowest BCUT2D eigenvalue weighted by atomic mass is 9.85. The summed E-state index contributed by atoms with van der Waals surface area (Å²) in [5, 5.41) is 10.3. The average Bonchev–Trinajstić information content (AvgIpc) is 2.94. The second-order valence-electron chi connectivity index (χ2n) is 8.09. The number of hydrogen-bond acceptors (Lipinski definition) is 3. The van der Waals surface area contributed by atoms with E-state index in [1.54, 1.807) is 6.92 Å². The third-order valence-electron chi connectivity index (χ3n) is 5.10. The van der Waals surface area contributed by atoms with Crippen LogP contribution in [0.5, 0.6) is 0 Å². The van der Waals surface area contributed by atoms with Gasteiger partial charge in [0.25, 0.3) is 5.91 Å². The van der Waals surface area contributed by atoms with E-state index in [1.807, 2.05) is 24.3 Å². The molecular formula is C23H23ClFNO3. The van der Waals surface area contributed by atoms with E-state index in [-0.39, 0.29) is 28.2 Å². The standard InChI is InChI=1S/C23H23ClFNO3/c1-5-18(27)19-20(13-6-8-14(9-7-13)23(2,3)4)26(22(29)21(19)28)15-10-11-17(25)16(24)12-15/h6-12,20,28H,5H2,1-4H3. The molecule has 1 aliphatic rings. The highest BCUT2D eigenvalue weighted by molar-refractivity contribution is 6.31. The van der Waals surface area contributed by atoms with Crippen LogP contribution in [0, 0.1) is 5.82 Å². The molecule has 2 aromatic rings. The highest BCUT2D eigenvalue weighted by atomic mass is 35.5. The highest BCUT2D eigenvalue weighted by Crippen LogP contribution is 2.42. The topological polar surface area (TPSA) is 57.6 Å². The molecule has 1 unspecified atom stereocenters. The molecule has 6 heteroatoms. The first-order chi connectivity index (χ1) is 13.6. The summed E-state index contributed by atoms with van der Waals surface area (Å²) in [4.78, 5) is 26.8. The van der Waals surface area contributed by atoms with Gasteiger partial charge >= 0.3 is 0 Å². The van der Waals surface area contributed by atoms with Crippen molar-refractivity contribution in [1.29, 1.82) is 0 Å². The van der Waals surface area contributed by atoms with Crippen LogP contribution in [0.15, 0.2) is 53.8 Å². The van der Waals surface area contributed by atoms with E-state index in [0.29, 0.717) is 11.3 Å². The maximum atomic E-state index is 13.6. The van der Waals surface area contributed by atoms with Gasteiger partial charge in [0, 0.05) is 12.1 Å². The number of nitrogens with zero attached hydrogens (tertiary/aromatic N) is 1. The molecule has 1 amide bonds. The monoisotopic (exact) mass is 415 g/mol. The minimum Gasteiger partial charge on any atom is -0.503 e. The first kappa shape index (κ1) is 21.1. The number of carbonyl (C=O) groups excluding carboxylic acids is 2. The van der Waals surface area contributed by atoms with Gasteiger partial charge in [-0.25, -0.2) is 4.39 Å². The Morgan fingerprint density at radius 3 is 2.31 bits per heavy atom. The van der Waals surface area contributed by atoms with E-state index < -0.39 is 23.5 Å². The van der Waals surface area contributed by atoms with Crippen LogP contribution < -0.4 is 4.90 Å². The summed E-state index contributed by atoms with van der Waals surface area (Å²) < 4.78 is 13.6. The van der Waals surface area contributed by atoms with Crippen molar-refractivity contribution in [1.82, 2.24) is 0 Å². The predicted octanol–water partition coefficient (Wildman–Crippen LogP) is 5.66. The van der Waals surface area contributed by atoms with E-state index >= 15 is 0 Å². The summed E-state index contributed by atoms with van der Waals surface area (Å²) in [6, 6.07) is 10.6. The van der Waals surface area contributed by atoms with E-state index in [9.17, 15) is 19.1 Å². The second kappa shape index (κ2) is 7.64. The van der Waals surface area contributed by atoms with E-state index in [4.69, 9.17) is 11.6 Å². The number of Topliss-reactive ketones (excluding diaryl/α,β-unsaturated/α-hetero) is 1. The number of aliphatic hydroxyl groups is 1. The molecule has 1 heterocycles. The molecule has 0 spiro atoms. The van der Waals surface area contributed by atoms with Gasteiger partial charge in [-0.2, -0.15) is 0 Å². The van der Waals surface area contributed by atoms with Gasteiger partial charge in [-0.1, -0.05) is 63.6 Å². The van der Waals surface area contributed by atoms with Crippen molar-refractivity contribution >= 4 is 29.0 Å². The molecule has 1 N–H and O–H groups in total. The number of anilines is 1. The van der Waals surface area contributed by atoms with E-state index in [2.05, 4.69) is 20.8 Å². The summed E-state index contributed by atoms with van der Waals surface area (Å²) in [6.07, 6.45) is 0.140. The Kier molecular flexibility index (Phi) is 5.54. The van der Waals surface area contributed by atoms with Crippen LogP contribution in [0.3, 0.4) is 0 Å². The van der Waals surface area contributed by atoms with Gasteiger partial charge < -0.3 is 5.11 Å². The van der Waals surface area contributed by atoms with Crippen LogP contribution >= 0.6 is 11.6 Å². The Morgan fingerprint density at radius 2 is 1.79 bits per heavy atom. The minimum absolute atomic E-state index is 0.0430. The second-order valence-corrected chi connectivity index (χ2v) is 8.49. The van der Waals surface area contributed by atoms with Crippen molar-refractivity contribution in [2.75, 3.05) is 4.90 Å². The molecule has 1 atom stereocenters. The van der Waals surface area contributed by atoms with Crippen molar-refractivity contribution in [3.8, 4) is 0 Å². The van der Waals surface area contributed by atoms with Gasteiger partial charge in [0.1, 0.15) is 5.82 Å². The number of aliphatic hydroxyl groups excluding tert-OH is 1. The lowest BCUT2D eigenvalue weighted by Crippen LogP contribution is -2.31. The van der Waals surface area contributed by atoms with E-state index in [0.717, 1.165) is 11.6 Å². The fourth-order valence-electron chi connectivity index (χ4n) is 3.46. The summed E-state index contributed by atoms with van der Waals surface area (Å²) in [6.45, 7) is 7.94. The molecule has 0 saturated heterocycles. The predicted molar refractivity (Wildman–Crippen MR) is 112 cm³/mol. The molecule has 3 rings (SSSR count). The van der Waals surface area contributed by atoms with Crippen molar-refractivity contribution in [3.05, 3.63) is 75.8 Å². The maximum absolute atomic E-state index is 13.6. The zero-order valence-electron chi connectivity index (χ0n) is 16.8. The van der Waals surface area contributed by atoms with Crippen LogP contribution in [0.2, 0.25) is 5.02 Å². The Hall–Kier alpha value is -2.66. The zero-order valence-corrected chi connectivity index (χ0v) is 17.5. The van der Waals surface area contributed by atoms with Crippen LogP contribution in [0.25, 0.3) is 0 Å². The van der Waals surface area contributed by atoms with Gasteiger partial charge in [-0.3, -0.25) is 14.5 Å². The van der Waals surface area contributed by atoms with Gasteiger partial charge in [0.15, 0.2) is 11.5 Å². The number of carbonyl (C=O) groups is 2. The minimum atomic E-state index is -0.814. The smallest absolute Gasteiger partial charge is 0.294 e. The number of rotatable bonds is 4. The molecule has 1 aliphatic heterocycles. The van der Waals surface area contributed by atoms with Crippen molar-refractivity contribution < 1.29 is 19.1 Å². The molecule has 0 aromatic heterocycles. The molecule has 0 aliphatic carbocycles. The Balaban J connectivity index is 2.16. The largest absolute Gasteiger partial charge is 0.503 e. The third kappa shape index (κ3) is 3.79. The van der Waals surface area contributed by atoms with Crippen LogP contribution in [-0.4, -0.2) is 16.8 Å². The zero-order chi connectivity index (χ0) is 21.5. The van der Waals surface area contributed by atoms with Crippen LogP contribution in [0.1, 0.15) is 51.3 Å². The maximum Gasteiger partial charge on any atom is 0.294 e. The molecule has 0 bridgehead atoms. The fourth-order valence-corrected chi connectivity index (χ4v) is 3.64. The summed E-state index contributed by atoms with van der Waals surface area (Å²) >= 11 is 5.91. The van der Waals surface area contributed by atoms with Gasteiger partial charge in [-0.05, 0) is 34.7 Å². The first-order valence-electron chi connectivity index (χ1n) is 9.41. The molecule has 2 aromatic carbocycles. The summed E-state index contributed by atoms with van der Waals surface area (Å²) in [7, 11) is 0. The number of benzene rings is 2. The molecule has 0 radical (unpaired) electrons. The molecular weight excluding hydrogens is 393 g/mol. The molecule has 0 saturated carbocycles. The lowest BCUT2D eigenvalue weighted by Gasteiger charge is -2.28. The first-order valence-corrected chi connectivity index (χ1v) is 9.79. The van der Waals surface area contributed by atoms with Gasteiger partial charge in [-0.15, -0.1) is 0 Å². The van der Waals surface area contributed by atoms with E-state index in [1.165, 1.54) is 17.0 Å².